The summed E-state index contributed by atoms with van der Waals surface area (Å²) in [6.45, 7) is 7.42. The smallest absolute Gasteiger partial charge is 0.335 e. The zero-order valence-electron chi connectivity index (χ0n) is 12.2. The average molecular weight is 299 g/mol. The molecule has 0 heterocycles. The second-order valence-corrected chi connectivity index (χ2v) is 6.88. The van der Waals surface area contributed by atoms with E-state index in [0.29, 0.717) is 12.0 Å². The first kappa shape index (κ1) is 16.7. The highest BCUT2D eigenvalue weighted by atomic mass is 32.2. The first-order valence-electron chi connectivity index (χ1n) is 6.55. The molecule has 0 aliphatic heterocycles. The molecule has 1 aromatic rings. The van der Waals surface area contributed by atoms with E-state index in [-0.39, 0.29) is 22.4 Å². The summed E-state index contributed by atoms with van der Waals surface area (Å²) in [6.07, 6.45) is 0.675. The number of aromatic carboxylic acids is 1. The van der Waals surface area contributed by atoms with Gasteiger partial charge < -0.3 is 5.11 Å². The Balaban J connectivity index is 3.16. The van der Waals surface area contributed by atoms with Gasteiger partial charge in [-0.05, 0) is 37.0 Å². The maximum Gasteiger partial charge on any atom is 0.335 e. The summed E-state index contributed by atoms with van der Waals surface area (Å²) in [7, 11) is -3.70. The molecule has 2 N–H and O–H groups in total. The third-order valence-corrected chi connectivity index (χ3v) is 4.79. The van der Waals surface area contributed by atoms with Gasteiger partial charge in [0.1, 0.15) is 0 Å². The fraction of sp³-hybridized carbons (Fsp3) is 0.500. The van der Waals surface area contributed by atoms with Crippen molar-refractivity contribution < 1.29 is 18.3 Å². The van der Waals surface area contributed by atoms with Gasteiger partial charge >= 0.3 is 5.97 Å². The molecule has 0 aliphatic rings. The lowest BCUT2D eigenvalue weighted by molar-refractivity contribution is 0.0696. The van der Waals surface area contributed by atoms with Gasteiger partial charge in [0, 0.05) is 6.04 Å². The maximum atomic E-state index is 12.3. The average Bonchev–Trinajstić information content (AvgIpc) is 2.35. The third kappa shape index (κ3) is 3.80. The highest BCUT2D eigenvalue weighted by Crippen LogP contribution is 2.17. The van der Waals surface area contributed by atoms with E-state index >= 15 is 0 Å². The Morgan fingerprint density at radius 1 is 1.35 bits per heavy atom. The minimum absolute atomic E-state index is 0.00507. The van der Waals surface area contributed by atoms with Crippen LogP contribution in [0.3, 0.4) is 0 Å². The van der Waals surface area contributed by atoms with Crippen molar-refractivity contribution in [3.63, 3.8) is 0 Å². The number of hydrogen-bond donors (Lipinski definition) is 2. The molecule has 0 spiro atoms. The van der Waals surface area contributed by atoms with Gasteiger partial charge in [-0.25, -0.2) is 17.9 Å². The summed E-state index contributed by atoms with van der Waals surface area (Å²) in [4.78, 5) is 11.1. The first-order valence-corrected chi connectivity index (χ1v) is 8.03. The lowest BCUT2D eigenvalue weighted by Gasteiger charge is -2.20. The molecule has 20 heavy (non-hydrogen) atoms. The molecule has 0 saturated heterocycles. The van der Waals surface area contributed by atoms with E-state index in [1.54, 1.807) is 6.92 Å². The van der Waals surface area contributed by atoms with Gasteiger partial charge in [-0.1, -0.05) is 26.8 Å². The quantitative estimate of drug-likeness (QED) is 0.845. The van der Waals surface area contributed by atoms with Crippen molar-refractivity contribution in [3.05, 3.63) is 29.3 Å². The highest BCUT2D eigenvalue weighted by molar-refractivity contribution is 7.89. The van der Waals surface area contributed by atoms with E-state index in [1.807, 2.05) is 20.8 Å². The van der Waals surface area contributed by atoms with Gasteiger partial charge in [-0.3, -0.25) is 0 Å². The van der Waals surface area contributed by atoms with E-state index in [1.165, 1.54) is 18.2 Å². The molecule has 112 valence electrons. The zero-order valence-corrected chi connectivity index (χ0v) is 13.0. The van der Waals surface area contributed by atoms with Gasteiger partial charge in [-0.2, -0.15) is 0 Å². The molecule has 5 nitrogen and oxygen atoms in total. The standard InChI is InChI=1S/C14H21NO4S/c1-5-13(9(2)3)15-20(18,19)11-7-6-10(4)12(8-11)14(16)17/h6-9,13,15H,5H2,1-4H3,(H,16,17). The van der Waals surface area contributed by atoms with Crippen molar-refractivity contribution in [1.82, 2.24) is 4.72 Å². The molecule has 6 heteroatoms. The summed E-state index contributed by atoms with van der Waals surface area (Å²) in [5.74, 6) is -0.963. The fourth-order valence-electron chi connectivity index (χ4n) is 1.96. The number of hydrogen-bond acceptors (Lipinski definition) is 3. The molecule has 0 saturated carbocycles. The monoisotopic (exact) mass is 299 g/mol. The van der Waals surface area contributed by atoms with Crippen LogP contribution in [-0.2, 0) is 10.0 Å². The summed E-state index contributed by atoms with van der Waals surface area (Å²) in [5.41, 5.74) is 0.540. The largest absolute Gasteiger partial charge is 0.478 e. The molecule has 1 rings (SSSR count). The molecular weight excluding hydrogens is 278 g/mol. The highest BCUT2D eigenvalue weighted by Gasteiger charge is 2.22. The van der Waals surface area contributed by atoms with Crippen molar-refractivity contribution in [2.24, 2.45) is 5.92 Å². The molecule has 0 aliphatic carbocycles. The van der Waals surface area contributed by atoms with Gasteiger partial charge in [0.15, 0.2) is 0 Å². The van der Waals surface area contributed by atoms with Crippen LogP contribution in [-0.4, -0.2) is 25.5 Å². The Labute approximate surface area is 120 Å². The van der Waals surface area contributed by atoms with Crippen LogP contribution >= 0.6 is 0 Å². The molecule has 1 unspecified atom stereocenters. The van der Waals surface area contributed by atoms with Crippen molar-refractivity contribution >= 4 is 16.0 Å². The van der Waals surface area contributed by atoms with Crippen LogP contribution in [0.25, 0.3) is 0 Å². The predicted octanol–water partition coefficient (Wildman–Crippen LogP) is 2.41. The Bertz CT molecular complexity index is 593. The summed E-state index contributed by atoms with van der Waals surface area (Å²) in [6, 6.07) is 3.97. The molecule has 0 amide bonds. The van der Waals surface area contributed by atoms with Gasteiger partial charge in [0.2, 0.25) is 10.0 Å². The van der Waals surface area contributed by atoms with E-state index < -0.39 is 16.0 Å². The number of carboxylic acid groups (broad SMARTS) is 1. The number of carboxylic acids is 1. The van der Waals surface area contributed by atoms with Gasteiger partial charge in [0.05, 0.1) is 10.5 Å². The molecule has 0 aromatic heterocycles. The Morgan fingerprint density at radius 2 is 1.95 bits per heavy atom. The molecule has 0 radical (unpaired) electrons. The lowest BCUT2D eigenvalue weighted by atomic mass is 10.0. The second kappa shape index (κ2) is 6.37. The number of rotatable bonds is 6. The van der Waals surface area contributed by atoms with E-state index in [0.717, 1.165) is 0 Å². The van der Waals surface area contributed by atoms with Gasteiger partial charge in [0.25, 0.3) is 0 Å². The summed E-state index contributed by atoms with van der Waals surface area (Å²) >= 11 is 0. The molecule has 1 atom stereocenters. The minimum Gasteiger partial charge on any atom is -0.478 e. The number of sulfonamides is 1. The molecular formula is C14H21NO4S. The number of nitrogens with one attached hydrogen (secondary N) is 1. The Hall–Kier alpha value is -1.40. The normalized spacial score (nSPS) is 13.4. The van der Waals surface area contributed by atoms with Crippen molar-refractivity contribution in [2.45, 2.75) is 45.1 Å². The summed E-state index contributed by atoms with van der Waals surface area (Å²) < 4.78 is 27.2. The lowest BCUT2D eigenvalue weighted by Crippen LogP contribution is -2.38. The molecule has 1 aromatic carbocycles. The van der Waals surface area contributed by atoms with Gasteiger partial charge in [-0.15, -0.1) is 0 Å². The van der Waals surface area contributed by atoms with Crippen LogP contribution in [0.5, 0.6) is 0 Å². The van der Waals surface area contributed by atoms with E-state index in [4.69, 9.17) is 5.11 Å². The van der Waals surface area contributed by atoms with Crippen LogP contribution in [0, 0.1) is 12.8 Å². The van der Waals surface area contributed by atoms with Crippen LogP contribution < -0.4 is 4.72 Å². The van der Waals surface area contributed by atoms with Crippen LogP contribution in [0.4, 0.5) is 0 Å². The number of benzene rings is 1. The molecule has 0 bridgehead atoms. The predicted molar refractivity (Wildman–Crippen MR) is 77.4 cm³/mol. The van der Waals surface area contributed by atoms with Crippen molar-refractivity contribution in [3.8, 4) is 0 Å². The topological polar surface area (TPSA) is 83.5 Å². The second-order valence-electron chi connectivity index (χ2n) is 5.16. The number of aryl methyl sites for hydroxylation is 1. The van der Waals surface area contributed by atoms with Crippen LogP contribution in [0.15, 0.2) is 23.1 Å². The maximum absolute atomic E-state index is 12.3. The zero-order chi connectivity index (χ0) is 15.5. The third-order valence-electron chi connectivity index (χ3n) is 3.30. The molecule has 0 fully saturated rings. The Morgan fingerprint density at radius 3 is 2.40 bits per heavy atom. The number of carbonyl (C=O) groups is 1. The first-order chi connectivity index (χ1) is 9.19. The van der Waals surface area contributed by atoms with Crippen molar-refractivity contribution in [1.29, 1.82) is 0 Å². The SMILES string of the molecule is CCC(NS(=O)(=O)c1ccc(C)c(C(=O)O)c1)C(C)C. The van der Waals surface area contributed by atoms with E-state index in [9.17, 15) is 13.2 Å². The Kier molecular flexibility index (Phi) is 5.30. The van der Waals surface area contributed by atoms with Crippen molar-refractivity contribution in [2.75, 3.05) is 0 Å². The minimum atomic E-state index is -3.70. The van der Waals surface area contributed by atoms with Crippen LogP contribution in [0.1, 0.15) is 43.1 Å². The summed E-state index contributed by atoms with van der Waals surface area (Å²) in [5, 5.41) is 9.06. The van der Waals surface area contributed by atoms with E-state index in [2.05, 4.69) is 4.72 Å². The fourth-order valence-corrected chi connectivity index (χ4v) is 3.45. The van der Waals surface area contributed by atoms with Crippen LogP contribution in [0.2, 0.25) is 0 Å².